The van der Waals surface area contributed by atoms with Crippen LogP contribution in [-0.2, 0) is 21.4 Å². The van der Waals surface area contributed by atoms with E-state index in [2.05, 4.69) is 36.0 Å². The van der Waals surface area contributed by atoms with Gasteiger partial charge in [0.15, 0.2) is 0 Å². The van der Waals surface area contributed by atoms with E-state index in [-0.39, 0.29) is 22.4 Å². The molecule has 35 heavy (non-hydrogen) atoms. The number of hydrogen-bond donors (Lipinski definition) is 0. The van der Waals surface area contributed by atoms with Crippen molar-refractivity contribution in [2.24, 2.45) is 0 Å². The molecule has 0 radical (unpaired) electrons. The fourth-order valence-electron chi connectivity index (χ4n) is 4.67. The first-order valence-electron chi connectivity index (χ1n) is 12.1. The summed E-state index contributed by atoms with van der Waals surface area (Å²) in [6.45, 7) is 11.3. The summed E-state index contributed by atoms with van der Waals surface area (Å²) in [5, 5.41) is 4.12. The Hall–Kier alpha value is -2.92. The van der Waals surface area contributed by atoms with Crippen LogP contribution in [0.25, 0.3) is 0 Å². The fraction of sp³-hybridized carbons (Fsp3) is 0.542. The molecule has 10 nitrogen and oxygen atoms in total. The van der Waals surface area contributed by atoms with Crippen LogP contribution in [0.2, 0.25) is 0 Å². The Bertz CT molecular complexity index is 1210. The molecule has 2 aliphatic rings. The van der Waals surface area contributed by atoms with E-state index in [1.165, 1.54) is 33.2 Å². The number of aryl methyl sites for hydroxylation is 2. The molecular weight excluding hydrogens is 468 g/mol. The lowest BCUT2D eigenvalue weighted by Crippen LogP contribution is -2.51. The van der Waals surface area contributed by atoms with Gasteiger partial charge in [-0.05, 0) is 38.0 Å². The average Bonchev–Trinajstić information content (AvgIpc) is 3.31. The number of rotatable bonds is 5. The van der Waals surface area contributed by atoms with Crippen molar-refractivity contribution in [3.63, 3.8) is 0 Å². The van der Waals surface area contributed by atoms with Crippen molar-refractivity contribution in [2.75, 3.05) is 57.3 Å². The van der Waals surface area contributed by atoms with Crippen LogP contribution < -0.4 is 4.90 Å². The molecule has 3 heterocycles. The summed E-state index contributed by atoms with van der Waals surface area (Å²) < 4.78 is 30.2. The lowest BCUT2D eigenvalue weighted by atomic mass is 10.1. The van der Waals surface area contributed by atoms with Crippen LogP contribution in [0.15, 0.2) is 29.4 Å². The maximum Gasteiger partial charge on any atom is 0.263 e. The van der Waals surface area contributed by atoms with Crippen molar-refractivity contribution in [3.05, 3.63) is 41.1 Å². The number of carbonyl (C=O) groups is 2. The summed E-state index contributed by atoms with van der Waals surface area (Å²) in [4.78, 5) is 30.5. The minimum Gasteiger partial charge on any atom is -0.369 e. The highest BCUT2D eigenvalue weighted by Gasteiger charge is 2.36. The molecule has 1 aromatic heterocycles. The molecule has 2 saturated heterocycles. The number of benzene rings is 1. The summed E-state index contributed by atoms with van der Waals surface area (Å²) in [6, 6.07) is 6.16. The number of hydrogen-bond acceptors (Lipinski definition) is 6. The Kier molecular flexibility index (Phi) is 7.18. The van der Waals surface area contributed by atoms with Crippen LogP contribution in [0.1, 0.15) is 35.3 Å². The molecule has 2 amide bonds. The molecule has 0 atom stereocenters. The van der Waals surface area contributed by atoms with Crippen LogP contribution in [0.4, 0.5) is 5.69 Å². The first-order chi connectivity index (χ1) is 16.6. The lowest BCUT2D eigenvalue weighted by Gasteiger charge is -2.36. The van der Waals surface area contributed by atoms with E-state index in [1.807, 2.05) is 13.0 Å². The van der Waals surface area contributed by atoms with E-state index in [1.54, 1.807) is 9.80 Å². The zero-order valence-corrected chi connectivity index (χ0v) is 21.7. The number of piperazine rings is 2. The molecule has 2 aromatic rings. The van der Waals surface area contributed by atoms with Gasteiger partial charge in [-0.25, -0.2) is 8.42 Å². The van der Waals surface area contributed by atoms with Gasteiger partial charge in [0.1, 0.15) is 0 Å². The van der Waals surface area contributed by atoms with Gasteiger partial charge >= 0.3 is 0 Å². The minimum atomic E-state index is -3.95. The number of nitrogens with zero attached hydrogens (tertiary/aromatic N) is 6. The lowest BCUT2D eigenvalue weighted by molar-refractivity contribution is -0.130. The van der Waals surface area contributed by atoms with Gasteiger partial charge in [0.25, 0.3) is 15.9 Å². The van der Waals surface area contributed by atoms with E-state index < -0.39 is 10.0 Å². The SMILES string of the molecule is CCn1cc(C(=O)N2CCN(C(C)=O)CC2)c(S(=O)(=O)N2CCN(c3cccc(C)c3C)CC2)n1. The molecule has 2 aliphatic heterocycles. The molecule has 2 fully saturated rings. The molecule has 0 spiro atoms. The number of amides is 2. The first-order valence-corrected chi connectivity index (χ1v) is 13.5. The first kappa shape index (κ1) is 25.2. The largest absolute Gasteiger partial charge is 0.369 e. The Morgan fingerprint density at radius 2 is 1.57 bits per heavy atom. The predicted molar refractivity (Wildman–Crippen MR) is 133 cm³/mol. The summed E-state index contributed by atoms with van der Waals surface area (Å²) in [6.07, 6.45) is 1.53. The van der Waals surface area contributed by atoms with Gasteiger partial charge in [-0.15, -0.1) is 0 Å². The molecule has 0 saturated carbocycles. The molecule has 0 unspecified atom stereocenters. The third kappa shape index (κ3) is 4.92. The van der Waals surface area contributed by atoms with Gasteiger partial charge < -0.3 is 14.7 Å². The maximum atomic E-state index is 13.6. The number of aromatic nitrogens is 2. The van der Waals surface area contributed by atoms with E-state index in [4.69, 9.17) is 0 Å². The van der Waals surface area contributed by atoms with Crippen LogP contribution >= 0.6 is 0 Å². The molecule has 4 rings (SSSR count). The van der Waals surface area contributed by atoms with E-state index in [0.717, 1.165) is 5.69 Å². The molecule has 0 bridgehead atoms. The Labute approximate surface area is 207 Å². The molecule has 0 N–H and O–H groups in total. The Balaban J connectivity index is 1.52. The van der Waals surface area contributed by atoms with Crippen molar-refractivity contribution < 1.29 is 18.0 Å². The standard InChI is InChI=1S/C24H34N6O4S/c1-5-29-17-21(24(32)28-11-9-26(10-12-28)20(4)31)23(25-29)35(33,34)30-15-13-27(14-16-30)22-8-6-7-18(2)19(22)3/h6-8,17H,5,9-16H2,1-4H3. The van der Waals surface area contributed by atoms with Gasteiger partial charge in [-0.3, -0.25) is 14.3 Å². The smallest absolute Gasteiger partial charge is 0.263 e. The Morgan fingerprint density at radius 1 is 0.943 bits per heavy atom. The zero-order chi connectivity index (χ0) is 25.3. The Morgan fingerprint density at radius 3 is 2.17 bits per heavy atom. The van der Waals surface area contributed by atoms with Gasteiger partial charge in [0.2, 0.25) is 10.9 Å². The van der Waals surface area contributed by atoms with Gasteiger partial charge in [0, 0.05) is 77.7 Å². The van der Waals surface area contributed by atoms with Crippen LogP contribution in [-0.4, -0.2) is 96.5 Å². The number of carbonyl (C=O) groups excluding carboxylic acids is 2. The van der Waals surface area contributed by atoms with Gasteiger partial charge in [-0.2, -0.15) is 9.40 Å². The van der Waals surface area contributed by atoms with Crippen LogP contribution in [0.3, 0.4) is 0 Å². The van der Waals surface area contributed by atoms with Gasteiger partial charge in [-0.1, -0.05) is 12.1 Å². The number of anilines is 1. The zero-order valence-electron chi connectivity index (χ0n) is 20.9. The molecular formula is C24H34N6O4S. The highest BCUT2D eigenvalue weighted by atomic mass is 32.2. The van der Waals surface area contributed by atoms with Crippen LogP contribution in [0.5, 0.6) is 0 Å². The average molecular weight is 503 g/mol. The van der Waals surface area contributed by atoms with Gasteiger partial charge in [0.05, 0.1) is 5.56 Å². The number of sulfonamides is 1. The highest BCUT2D eigenvalue weighted by Crippen LogP contribution is 2.27. The second-order valence-electron chi connectivity index (χ2n) is 9.11. The molecule has 0 aliphatic carbocycles. The summed E-state index contributed by atoms with van der Waals surface area (Å²) >= 11 is 0. The van der Waals surface area contributed by atoms with Crippen molar-refractivity contribution >= 4 is 27.5 Å². The van der Waals surface area contributed by atoms with Crippen LogP contribution in [0, 0.1) is 13.8 Å². The predicted octanol–water partition coefficient (Wildman–Crippen LogP) is 1.34. The van der Waals surface area contributed by atoms with Crippen molar-refractivity contribution in [1.82, 2.24) is 23.9 Å². The second kappa shape index (κ2) is 9.98. The molecule has 190 valence electrons. The third-order valence-electron chi connectivity index (χ3n) is 7.03. The normalized spacial score (nSPS) is 17.7. The molecule has 1 aromatic carbocycles. The monoisotopic (exact) mass is 502 g/mol. The molecule has 11 heteroatoms. The summed E-state index contributed by atoms with van der Waals surface area (Å²) in [5.41, 5.74) is 3.62. The van der Waals surface area contributed by atoms with E-state index in [9.17, 15) is 18.0 Å². The summed E-state index contributed by atoms with van der Waals surface area (Å²) in [5.74, 6) is -0.389. The van der Waals surface area contributed by atoms with Crippen molar-refractivity contribution in [2.45, 2.75) is 39.3 Å². The topological polar surface area (TPSA) is 99.1 Å². The summed E-state index contributed by atoms with van der Waals surface area (Å²) in [7, 11) is -3.95. The quantitative estimate of drug-likeness (QED) is 0.612. The highest BCUT2D eigenvalue weighted by molar-refractivity contribution is 7.89. The minimum absolute atomic E-state index is 0.0285. The second-order valence-corrected chi connectivity index (χ2v) is 11.0. The van der Waals surface area contributed by atoms with E-state index >= 15 is 0 Å². The van der Waals surface area contributed by atoms with E-state index in [0.29, 0.717) is 58.9 Å². The van der Waals surface area contributed by atoms with Crippen molar-refractivity contribution in [1.29, 1.82) is 0 Å². The third-order valence-corrected chi connectivity index (χ3v) is 8.87. The van der Waals surface area contributed by atoms with Crippen molar-refractivity contribution in [3.8, 4) is 0 Å². The maximum absolute atomic E-state index is 13.6. The fourth-order valence-corrected chi connectivity index (χ4v) is 6.18.